The summed E-state index contributed by atoms with van der Waals surface area (Å²) in [6.45, 7) is 1.92. The second-order valence-electron chi connectivity index (χ2n) is 4.03. The maximum Gasteiger partial charge on any atom is 0.573 e. The lowest BCUT2D eigenvalue weighted by Gasteiger charge is -2.11. The summed E-state index contributed by atoms with van der Waals surface area (Å²) in [7, 11) is 0. The quantitative estimate of drug-likeness (QED) is 0.656. The molecule has 2 aromatic rings. The van der Waals surface area contributed by atoms with E-state index in [1.165, 1.54) is 12.1 Å². The van der Waals surface area contributed by atoms with Crippen molar-refractivity contribution in [3.05, 3.63) is 51.6 Å². The Hall–Kier alpha value is -1.24. The molecule has 2 aromatic carbocycles. The van der Waals surface area contributed by atoms with Crippen molar-refractivity contribution in [3.8, 4) is 16.9 Å². The minimum atomic E-state index is -4.67. The molecule has 1 nitrogen and oxygen atoms in total. The lowest BCUT2D eigenvalue weighted by Crippen LogP contribution is -2.17. The van der Waals surface area contributed by atoms with Crippen LogP contribution in [0.15, 0.2) is 42.5 Å². The van der Waals surface area contributed by atoms with Gasteiger partial charge in [-0.05, 0) is 70.5 Å². The Morgan fingerprint density at radius 2 is 1.79 bits per heavy atom. The van der Waals surface area contributed by atoms with Crippen LogP contribution in [0.3, 0.4) is 0 Å². The molecule has 0 fully saturated rings. The van der Waals surface area contributed by atoms with Gasteiger partial charge in [-0.2, -0.15) is 0 Å². The van der Waals surface area contributed by atoms with Crippen LogP contribution in [-0.2, 0) is 0 Å². The molecule has 0 amide bonds. The Bertz CT molecular complexity index is 593. The van der Waals surface area contributed by atoms with Gasteiger partial charge in [0.15, 0.2) is 0 Å². The summed E-state index contributed by atoms with van der Waals surface area (Å²) in [6, 6.07) is 11.8. The Labute approximate surface area is 122 Å². The SMILES string of the molecule is Cc1ccc(I)cc1-c1cccc(OC(F)(F)F)c1. The normalized spacial score (nSPS) is 11.4. The van der Waals surface area contributed by atoms with Crippen molar-refractivity contribution < 1.29 is 17.9 Å². The first-order valence-corrected chi connectivity index (χ1v) is 6.55. The summed E-state index contributed by atoms with van der Waals surface area (Å²) in [4.78, 5) is 0. The number of ether oxygens (including phenoxy) is 1. The third-order valence-corrected chi connectivity index (χ3v) is 3.25. The van der Waals surface area contributed by atoms with Gasteiger partial charge in [-0.1, -0.05) is 18.2 Å². The van der Waals surface area contributed by atoms with E-state index in [4.69, 9.17) is 0 Å². The highest BCUT2D eigenvalue weighted by Crippen LogP contribution is 2.30. The molecule has 2 rings (SSSR count). The van der Waals surface area contributed by atoms with Crippen molar-refractivity contribution in [2.75, 3.05) is 0 Å². The van der Waals surface area contributed by atoms with Gasteiger partial charge in [0.05, 0.1) is 0 Å². The fourth-order valence-electron chi connectivity index (χ4n) is 1.77. The molecule has 5 heteroatoms. The molecule has 0 aromatic heterocycles. The van der Waals surface area contributed by atoms with E-state index in [1.54, 1.807) is 12.1 Å². The van der Waals surface area contributed by atoms with E-state index in [-0.39, 0.29) is 5.75 Å². The van der Waals surface area contributed by atoms with Crippen LogP contribution in [0.2, 0.25) is 0 Å². The van der Waals surface area contributed by atoms with Gasteiger partial charge in [0.2, 0.25) is 0 Å². The molecule has 0 bridgehead atoms. The summed E-state index contributed by atoms with van der Waals surface area (Å²) >= 11 is 2.17. The zero-order chi connectivity index (χ0) is 14.0. The second-order valence-corrected chi connectivity index (χ2v) is 5.28. The maximum absolute atomic E-state index is 12.2. The van der Waals surface area contributed by atoms with E-state index in [2.05, 4.69) is 27.3 Å². The van der Waals surface area contributed by atoms with Crippen molar-refractivity contribution in [2.24, 2.45) is 0 Å². The number of aryl methyl sites for hydroxylation is 1. The Morgan fingerprint density at radius 3 is 2.47 bits per heavy atom. The zero-order valence-electron chi connectivity index (χ0n) is 9.96. The lowest BCUT2D eigenvalue weighted by atomic mass is 10.0. The van der Waals surface area contributed by atoms with Gasteiger partial charge in [-0.15, -0.1) is 13.2 Å². The van der Waals surface area contributed by atoms with Gasteiger partial charge in [0, 0.05) is 3.57 Å². The first-order valence-electron chi connectivity index (χ1n) is 5.47. The minimum absolute atomic E-state index is 0.205. The summed E-state index contributed by atoms with van der Waals surface area (Å²) in [5.74, 6) is -0.205. The van der Waals surface area contributed by atoms with Crippen molar-refractivity contribution in [1.82, 2.24) is 0 Å². The molecule has 0 heterocycles. The molecule has 0 aliphatic rings. The van der Waals surface area contributed by atoms with Crippen LogP contribution in [0.1, 0.15) is 5.56 Å². The van der Waals surface area contributed by atoms with Crippen LogP contribution in [0.4, 0.5) is 13.2 Å². The van der Waals surface area contributed by atoms with Gasteiger partial charge in [0.25, 0.3) is 0 Å². The van der Waals surface area contributed by atoms with E-state index < -0.39 is 6.36 Å². The standard InChI is InChI=1S/C14H10F3IO/c1-9-5-6-11(18)8-13(9)10-3-2-4-12(7-10)19-14(15,16)17/h2-8H,1H3. The molecule has 0 radical (unpaired) electrons. The van der Waals surface area contributed by atoms with Crippen LogP contribution in [0.5, 0.6) is 5.75 Å². The summed E-state index contributed by atoms with van der Waals surface area (Å²) in [5, 5.41) is 0. The van der Waals surface area contributed by atoms with Gasteiger partial charge < -0.3 is 4.74 Å². The van der Waals surface area contributed by atoms with E-state index in [0.717, 1.165) is 14.7 Å². The number of alkyl halides is 3. The molecule has 0 saturated heterocycles. The Morgan fingerprint density at radius 1 is 1.05 bits per heavy atom. The van der Waals surface area contributed by atoms with Crippen LogP contribution in [-0.4, -0.2) is 6.36 Å². The largest absolute Gasteiger partial charge is 0.573 e. The van der Waals surface area contributed by atoms with Crippen LogP contribution in [0, 0.1) is 10.5 Å². The molecule has 100 valence electrons. The number of rotatable bonds is 2. The molecule has 19 heavy (non-hydrogen) atoms. The van der Waals surface area contributed by atoms with E-state index in [1.807, 2.05) is 25.1 Å². The minimum Gasteiger partial charge on any atom is -0.406 e. The topological polar surface area (TPSA) is 9.23 Å². The Balaban J connectivity index is 2.40. The highest BCUT2D eigenvalue weighted by molar-refractivity contribution is 14.1. The predicted molar refractivity (Wildman–Crippen MR) is 76.0 cm³/mol. The number of hydrogen-bond acceptors (Lipinski definition) is 1. The van der Waals surface area contributed by atoms with Crippen LogP contribution in [0.25, 0.3) is 11.1 Å². The van der Waals surface area contributed by atoms with Gasteiger partial charge in [-0.3, -0.25) is 0 Å². The first kappa shape index (κ1) is 14.2. The maximum atomic E-state index is 12.2. The molecule has 0 N–H and O–H groups in total. The van der Waals surface area contributed by atoms with Crippen molar-refractivity contribution in [1.29, 1.82) is 0 Å². The van der Waals surface area contributed by atoms with Gasteiger partial charge >= 0.3 is 6.36 Å². The smallest absolute Gasteiger partial charge is 0.406 e. The molecule has 0 aliphatic heterocycles. The zero-order valence-corrected chi connectivity index (χ0v) is 12.1. The van der Waals surface area contributed by atoms with Crippen molar-refractivity contribution in [2.45, 2.75) is 13.3 Å². The van der Waals surface area contributed by atoms with E-state index >= 15 is 0 Å². The number of hydrogen-bond donors (Lipinski definition) is 0. The molecule has 0 spiro atoms. The Kier molecular flexibility index (Phi) is 4.03. The molecular weight excluding hydrogens is 368 g/mol. The average molecular weight is 378 g/mol. The first-order chi connectivity index (χ1) is 8.85. The van der Waals surface area contributed by atoms with E-state index in [9.17, 15) is 13.2 Å². The highest BCUT2D eigenvalue weighted by atomic mass is 127. The van der Waals surface area contributed by atoms with Gasteiger partial charge in [-0.25, -0.2) is 0 Å². The highest BCUT2D eigenvalue weighted by Gasteiger charge is 2.31. The molecule has 0 aliphatic carbocycles. The second kappa shape index (κ2) is 5.40. The third-order valence-electron chi connectivity index (χ3n) is 2.58. The summed E-state index contributed by atoms with van der Waals surface area (Å²) < 4.78 is 41.5. The van der Waals surface area contributed by atoms with Crippen LogP contribution < -0.4 is 4.74 Å². The van der Waals surface area contributed by atoms with E-state index in [0.29, 0.717) is 5.56 Å². The summed E-state index contributed by atoms with van der Waals surface area (Å²) in [6.07, 6.45) is -4.67. The van der Waals surface area contributed by atoms with Crippen molar-refractivity contribution >= 4 is 22.6 Å². The number of halogens is 4. The fourth-order valence-corrected chi connectivity index (χ4v) is 2.26. The molecule has 0 saturated carbocycles. The molecule has 0 atom stereocenters. The van der Waals surface area contributed by atoms with Crippen molar-refractivity contribution in [3.63, 3.8) is 0 Å². The van der Waals surface area contributed by atoms with Crippen LogP contribution >= 0.6 is 22.6 Å². The van der Waals surface area contributed by atoms with Gasteiger partial charge in [0.1, 0.15) is 5.75 Å². The molecular formula is C14H10F3IO. The summed E-state index contributed by atoms with van der Waals surface area (Å²) in [5.41, 5.74) is 2.61. The number of benzene rings is 2. The fraction of sp³-hybridized carbons (Fsp3) is 0.143. The predicted octanol–water partition coefficient (Wildman–Crippen LogP) is 5.17. The monoisotopic (exact) mass is 378 g/mol. The molecule has 0 unspecified atom stereocenters. The third kappa shape index (κ3) is 3.86. The lowest BCUT2D eigenvalue weighted by molar-refractivity contribution is -0.274. The average Bonchev–Trinajstić information content (AvgIpc) is 2.30.